The summed E-state index contributed by atoms with van der Waals surface area (Å²) in [6.07, 6.45) is 4.13. The second kappa shape index (κ2) is 5.05. The van der Waals surface area contributed by atoms with Gasteiger partial charge < -0.3 is 4.74 Å². The molecule has 0 radical (unpaired) electrons. The summed E-state index contributed by atoms with van der Waals surface area (Å²) < 4.78 is 31.4. The minimum absolute atomic E-state index is 0.270. The Kier molecular flexibility index (Phi) is 3.61. The first-order chi connectivity index (χ1) is 8.98. The van der Waals surface area contributed by atoms with Gasteiger partial charge in [-0.2, -0.15) is 0 Å². The van der Waals surface area contributed by atoms with E-state index in [1.165, 1.54) is 18.7 Å². The average Bonchev–Trinajstić information content (AvgIpc) is 2.89. The molecule has 102 valence electrons. The number of imidazole rings is 1. The molecule has 0 aliphatic carbocycles. The van der Waals surface area contributed by atoms with Crippen molar-refractivity contribution in [1.29, 1.82) is 0 Å². The van der Waals surface area contributed by atoms with Crippen molar-refractivity contribution in [3.8, 4) is 5.75 Å². The van der Waals surface area contributed by atoms with Gasteiger partial charge >= 0.3 is 0 Å². The van der Waals surface area contributed by atoms with Gasteiger partial charge in [0.15, 0.2) is 0 Å². The number of hydrogen-bond acceptors (Lipinski definition) is 4. The zero-order valence-electron chi connectivity index (χ0n) is 11.1. The molecular formula is C13H16N2O3S. The van der Waals surface area contributed by atoms with E-state index in [0.717, 1.165) is 9.54 Å². The molecule has 1 aromatic carbocycles. The van der Waals surface area contributed by atoms with E-state index in [1.807, 2.05) is 13.8 Å². The Bertz CT molecular complexity index is 676. The molecule has 0 aliphatic rings. The molecule has 0 N–H and O–H groups in total. The first kappa shape index (κ1) is 13.6. The van der Waals surface area contributed by atoms with Gasteiger partial charge in [-0.05, 0) is 44.0 Å². The van der Waals surface area contributed by atoms with E-state index in [0.29, 0.717) is 17.9 Å². The zero-order chi connectivity index (χ0) is 14.0. The molecule has 0 bridgehead atoms. The molecule has 0 saturated carbocycles. The Hall–Kier alpha value is -1.82. The Morgan fingerprint density at radius 2 is 2.00 bits per heavy atom. The van der Waals surface area contributed by atoms with Crippen LogP contribution >= 0.6 is 0 Å². The van der Waals surface area contributed by atoms with Gasteiger partial charge in [0.25, 0.3) is 10.0 Å². The molecule has 0 unspecified atom stereocenters. The fourth-order valence-electron chi connectivity index (χ4n) is 1.86. The highest BCUT2D eigenvalue weighted by molar-refractivity contribution is 7.90. The van der Waals surface area contributed by atoms with Gasteiger partial charge in [-0.15, -0.1) is 0 Å². The van der Waals surface area contributed by atoms with Crippen LogP contribution in [-0.4, -0.2) is 24.0 Å². The lowest BCUT2D eigenvalue weighted by molar-refractivity contribution is 0.337. The fourth-order valence-corrected chi connectivity index (χ4v) is 3.27. The van der Waals surface area contributed by atoms with Crippen LogP contribution in [0.1, 0.15) is 18.1 Å². The predicted octanol–water partition coefficient (Wildman–Crippen LogP) is 2.14. The number of hydrogen-bond donors (Lipinski definition) is 0. The summed E-state index contributed by atoms with van der Waals surface area (Å²) in [5.41, 5.74) is 1.53. The minimum atomic E-state index is -3.58. The van der Waals surface area contributed by atoms with E-state index < -0.39 is 10.0 Å². The normalized spacial score (nSPS) is 11.5. The van der Waals surface area contributed by atoms with Crippen LogP contribution in [0.25, 0.3) is 0 Å². The Morgan fingerprint density at radius 3 is 2.58 bits per heavy atom. The van der Waals surface area contributed by atoms with E-state index in [9.17, 15) is 8.42 Å². The standard InChI is InChI=1S/C13H16N2O3S/c1-4-18-12-5-6-13(11(3)10(12)2)19(16,17)15-8-7-14-9-15/h5-9H,4H2,1-3H3. The van der Waals surface area contributed by atoms with Crippen LogP contribution < -0.4 is 4.74 Å². The fraction of sp³-hybridized carbons (Fsp3) is 0.308. The molecule has 6 heteroatoms. The largest absolute Gasteiger partial charge is 0.494 e. The number of aromatic nitrogens is 2. The molecule has 2 aromatic rings. The molecule has 0 saturated heterocycles. The van der Waals surface area contributed by atoms with E-state index in [1.54, 1.807) is 19.1 Å². The lowest BCUT2D eigenvalue weighted by Crippen LogP contribution is -2.13. The van der Waals surface area contributed by atoms with Crippen LogP contribution in [0.3, 0.4) is 0 Å². The second-order valence-corrected chi connectivity index (χ2v) is 5.95. The molecule has 0 aliphatic heterocycles. The average molecular weight is 280 g/mol. The van der Waals surface area contributed by atoms with Gasteiger partial charge in [0.2, 0.25) is 0 Å². The summed E-state index contributed by atoms with van der Waals surface area (Å²) in [6.45, 7) is 6.08. The maximum atomic E-state index is 12.4. The minimum Gasteiger partial charge on any atom is -0.494 e. The van der Waals surface area contributed by atoms with E-state index in [-0.39, 0.29) is 4.90 Å². The van der Waals surface area contributed by atoms with Crippen molar-refractivity contribution >= 4 is 10.0 Å². The van der Waals surface area contributed by atoms with Crippen molar-refractivity contribution < 1.29 is 13.2 Å². The van der Waals surface area contributed by atoms with Gasteiger partial charge in [0.05, 0.1) is 11.5 Å². The topological polar surface area (TPSA) is 61.2 Å². The Morgan fingerprint density at radius 1 is 1.26 bits per heavy atom. The summed E-state index contributed by atoms with van der Waals surface area (Å²) in [4.78, 5) is 4.04. The first-order valence-electron chi connectivity index (χ1n) is 5.95. The summed E-state index contributed by atoms with van der Waals surface area (Å²) in [7, 11) is -3.58. The first-order valence-corrected chi connectivity index (χ1v) is 7.39. The van der Waals surface area contributed by atoms with E-state index in [4.69, 9.17) is 4.74 Å². The SMILES string of the molecule is CCOc1ccc(S(=O)(=O)n2ccnc2)c(C)c1C. The number of benzene rings is 1. The van der Waals surface area contributed by atoms with Crippen molar-refractivity contribution in [3.63, 3.8) is 0 Å². The summed E-state index contributed by atoms with van der Waals surface area (Å²) in [5, 5.41) is 0. The van der Waals surface area contributed by atoms with Crippen molar-refractivity contribution in [2.75, 3.05) is 6.61 Å². The number of ether oxygens (including phenoxy) is 1. The molecule has 19 heavy (non-hydrogen) atoms. The molecule has 1 heterocycles. The quantitative estimate of drug-likeness (QED) is 0.861. The summed E-state index contributed by atoms with van der Waals surface area (Å²) >= 11 is 0. The highest BCUT2D eigenvalue weighted by Gasteiger charge is 2.21. The highest BCUT2D eigenvalue weighted by atomic mass is 32.2. The molecule has 1 aromatic heterocycles. The maximum absolute atomic E-state index is 12.4. The van der Waals surface area contributed by atoms with Gasteiger partial charge in [-0.1, -0.05) is 0 Å². The third-order valence-corrected chi connectivity index (χ3v) is 4.79. The third-order valence-electron chi connectivity index (χ3n) is 3.02. The molecule has 0 spiro atoms. The summed E-state index contributed by atoms with van der Waals surface area (Å²) in [5.74, 6) is 0.713. The summed E-state index contributed by atoms with van der Waals surface area (Å²) in [6, 6.07) is 3.26. The smallest absolute Gasteiger partial charge is 0.269 e. The molecule has 2 rings (SSSR count). The van der Waals surface area contributed by atoms with Gasteiger partial charge in [0, 0.05) is 12.4 Å². The highest BCUT2D eigenvalue weighted by Crippen LogP contribution is 2.28. The van der Waals surface area contributed by atoms with Crippen LogP contribution in [0.15, 0.2) is 35.7 Å². The van der Waals surface area contributed by atoms with Crippen molar-refractivity contribution in [1.82, 2.24) is 8.96 Å². The predicted molar refractivity (Wildman–Crippen MR) is 71.9 cm³/mol. The zero-order valence-corrected chi connectivity index (χ0v) is 11.9. The molecule has 5 nitrogen and oxygen atoms in total. The van der Waals surface area contributed by atoms with Gasteiger partial charge in [-0.25, -0.2) is 17.4 Å². The van der Waals surface area contributed by atoms with Crippen LogP contribution in [0.4, 0.5) is 0 Å². The van der Waals surface area contributed by atoms with Crippen molar-refractivity contribution in [3.05, 3.63) is 42.0 Å². The molecule has 0 atom stereocenters. The number of nitrogens with zero attached hydrogens (tertiary/aromatic N) is 2. The van der Waals surface area contributed by atoms with Gasteiger partial charge in [-0.3, -0.25) is 0 Å². The third kappa shape index (κ3) is 2.35. The number of rotatable bonds is 4. The van der Waals surface area contributed by atoms with Crippen molar-refractivity contribution in [2.45, 2.75) is 25.7 Å². The van der Waals surface area contributed by atoms with E-state index >= 15 is 0 Å². The second-order valence-electron chi connectivity index (χ2n) is 4.14. The maximum Gasteiger partial charge on any atom is 0.269 e. The lowest BCUT2D eigenvalue weighted by Gasteiger charge is -2.14. The Labute approximate surface area is 112 Å². The molecule has 0 amide bonds. The monoisotopic (exact) mass is 280 g/mol. The van der Waals surface area contributed by atoms with Crippen LogP contribution in [0, 0.1) is 13.8 Å². The Balaban J connectivity index is 2.56. The van der Waals surface area contributed by atoms with Crippen LogP contribution in [0.5, 0.6) is 5.75 Å². The lowest BCUT2D eigenvalue weighted by atomic mass is 10.1. The van der Waals surface area contributed by atoms with Crippen LogP contribution in [-0.2, 0) is 10.0 Å². The van der Waals surface area contributed by atoms with Crippen LogP contribution in [0.2, 0.25) is 0 Å². The molecular weight excluding hydrogens is 264 g/mol. The van der Waals surface area contributed by atoms with Gasteiger partial charge in [0.1, 0.15) is 12.1 Å². The van der Waals surface area contributed by atoms with Crippen molar-refractivity contribution in [2.24, 2.45) is 0 Å². The molecule has 0 fully saturated rings. The van der Waals surface area contributed by atoms with E-state index in [2.05, 4.69) is 4.98 Å².